The normalized spacial score (nSPS) is 16.3. The molecule has 0 aliphatic carbocycles. The lowest BCUT2D eigenvalue weighted by molar-refractivity contribution is -0.133. The van der Waals surface area contributed by atoms with Gasteiger partial charge in [0.25, 0.3) is 11.8 Å². The molecule has 2 N–H and O–H groups in total. The molecule has 2 atom stereocenters. The van der Waals surface area contributed by atoms with Crippen LogP contribution in [0.5, 0.6) is 0 Å². The molecule has 7 nitrogen and oxygen atoms in total. The highest BCUT2D eigenvalue weighted by Gasteiger charge is 2.40. The molecule has 0 saturated carbocycles. The van der Waals surface area contributed by atoms with Crippen molar-refractivity contribution in [3.8, 4) is 11.1 Å². The number of carbonyl (C=O) groups excluding carboxylic acids is 3. The SMILES string of the molecule is CC(OC(=O)NCCC(F)(F)C(F)F)C(=O)N[C@@H]1C(=O)N(C)c2ccccc2-c2ccccc21. The first-order valence-electron chi connectivity index (χ1n) is 10.4. The topological polar surface area (TPSA) is 87.7 Å². The summed E-state index contributed by atoms with van der Waals surface area (Å²) in [6, 6.07) is 13.2. The zero-order chi connectivity index (χ0) is 25.0. The third-order valence-electron chi connectivity index (χ3n) is 5.39. The van der Waals surface area contributed by atoms with Gasteiger partial charge in [-0.3, -0.25) is 9.59 Å². The summed E-state index contributed by atoms with van der Waals surface area (Å²) in [5.41, 5.74) is 2.74. The van der Waals surface area contributed by atoms with Gasteiger partial charge in [0, 0.05) is 25.6 Å². The first kappa shape index (κ1) is 25.0. The molecule has 2 aromatic carbocycles. The van der Waals surface area contributed by atoms with Gasteiger partial charge >= 0.3 is 18.4 Å². The highest BCUT2D eigenvalue weighted by Crippen LogP contribution is 2.39. The predicted molar refractivity (Wildman–Crippen MR) is 116 cm³/mol. The molecule has 0 saturated heterocycles. The minimum Gasteiger partial charge on any atom is -0.436 e. The van der Waals surface area contributed by atoms with E-state index in [4.69, 9.17) is 4.74 Å². The number of para-hydroxylation sites is 1. The van der Waals surface area contributed by atoms with Gasteiger partial charge in [-0.1, -0.05) is 42.5 Å². The average Bonchev–Trinajstić information content (AvgIpc) is 2.88. The van der Waals surface area contributed by atoms with Crippen LogP contribution in [0.25, 0.3) is 11.1 Å². The zero-order valence-corrected chi connectivity index (χ0v) is 18.4. The highest BCUT2D eigenvalue weighted by atomic mass is 19.3. The molecule has 0 fully saturated rings. The van der Waals surface area contributed by atoms with Crippen LogP contribution in [-0.4, -0.2) is 50.0 Å². The number of alkyl carbamates (subject to hydrolysis) is 1. The van der Waals surface area contributed by atoms with Gasteiger partial charge < -0.3 is 20.3 Å². The quantitative estimate of drug-likeness (QED) is 0.588. The van der Waals surface area contributed by atoms with Crippen LogP contribution >= 0.6 is 0 Å². The summed E-state index contributed by atoms with van der Waals surface area (Å²) in [6.07, 6.45) is -7.78. The number of hydrogen-bond acceptors (Lipinski definition) is 4. The Hall–Kier alpha value is -3.63. The van der Waals surface area contributed by atoms with Crippen molar-refractivity contribution in [1.82, 2.24) is 10.6 Å². The third-order valence-corrected chi connectivity index (χ3v) is 5.39. The summed E-state index contributed by atoms with van der Waals surface area (Å²) in [6.45, 7) is 0.455. The standard InChI is InChI=1S/C23H23F4N3O4/c1-13(34-22(33)28-12-11-23(26,27)21(24)25)19(31)29-18-16-9-4-3-7-14(16)15-8-5-6-10-17(15)30(2)20(18)32/h3-10,13,18,21H,11-12H2,1-2H3,(H,28,33)(H,29,31)/t13?,18-/m0/s1. The molecular formula is C23H23F4N3O4. The monoisotopic (exact) mass is 481 g/mol. The Balaban J connectivity index is 1.69. The number of anilines is 1. The van der Waals surface area contributed by atoms with Gasteiger partial charge in [-0.2, -0.15) is 0 Å². The molecule has 1 heterocycles. The Morgan fingerprint density at radius 1 is 1.09 bits per heavy atom. The number of carbonyl (C=O) groups is 3. The number of rotatable bonds is 7. The van der Waals surface area contributed by atoms with Crippen LogP contribution in [-0.2, 0) is 14.3 Å². The maximum absolute atomic E-state index is 13.2. The van der Waals surface area contributed by atoms with Crippen LogP contribution in [0.1, 0.15) is 24.9 Å². The molecule has 182 valence electrons. The second kappa shape index (κ2) is 10.1. The zero-order valence-electron chi connectivity index (χ0n) is 18.4. The Morgan fingerprint density at radius 3 is 2.38 bits per heavy atom. The van der Waals surface area contributed by atoms with Crippen molar-refractivity contribution in [2.24, 2.45) is 0 Å². The number of benzene rings is 2. The van der Waals surface area contributed by atoms with Crippen LogP contribution in [0.15, 0.2) is 48.5 Å². The van der Waals surface area contributed by atoms with E-state index < -0.39 is 55.4 Å². The summed E-state index contributed by atoms with van der Waals surface area (Å²) in [4.78, 5) is 39.1. The molecule has 3 rings (SSSR count). The predicted octanol–water partition coefficient (Wildman–Crippen LogP) is 3.89. The average molecular weight is 481 g/mol. The molecule has 34 heavy (non-hydrogen) atoms. The second-order valence-corrected chi connectivity index (χ2v) is 7.73. The number of alkyl halides is 4. The fraction of sp³-hybridized carbons (Fsp3) is 0.348. The van der Waals surface area contributed by atoms with Crippen molar-refractivity contribution < 1.29 is 36.7 Å². The van der Waals surface area contributed by atoms with Crippen LogP contribution in [0.4, 0.5) is 28.0 Å². The number of amides is 3. The van der Waals surface area contributed by atoms with Crippen molar-refractivity contribution in [2.75, 3.05) is 18.5 Å². The molecule has 1 aliphatic rings. The molecule has 0 spiro atoms. The van der Waals surface area contributed by atoms with Gasteiger partial charge in [-0.05, 0) is 24.1 Å². The summed E-state index contributed by atoms with van der Waals surface area (Å²) >= 11 is 0. The number of nitrogens with one attached hydrogen (secondary N) is 2. The molecule has 1 unspecified atom stereocenters. The van der Waals surface area contributed by atoms with Crippen molar-refractivity contribution in [1.29, 1.82) is 0 Å². The van der Waals surface area contributed by atoms with E-state index in [9.17, 15) is 31.9 Å². The smallest absolute Gasteiger partial charge is 0.407 e. The lowest BCUT2D eigenvalue weighted by Gasteiger charge is -2.24. The van der Waals surface area contributed by atoms with Crippen molar-refractivity contribution in [3.05, 3.63) is 54.1 Å². The van der Waals surface area contributed by atoms with E-state index in [1.165, 1.54) is 11.8 Å². The minimum atomic E-state index is -4.26. The van der Waals surface area contributed by atoms with E-state index in [0.29, 0.717) is 11.3 Å². The van der Waals surface area contributed by atoms with Crippen molar-refractivity contribution >= 4 is 23.6 Å². The van der Waals surface area contributed by atoms with Gasteiger partial charge in [-0.15, -0.1) is 0 Å². The van der Waals surface area contributed by atoms with Crippen molar-refractivity contribution in [2.45, 2.75) is 37.8 Å². The number of ether oxygens (including phenoxy) is 1. The Labute approximate surface area is 193 Å². The van der Waals surface area contributed by atoms with E-state index in [1.54, 1.807) is 37.4 Å². The fourth-order valence-corrected chi connectivity index (χ4v) is 3.53. The number of nitrogens with zero attached hydrogens (tertiary/aromatic N) is 1. The summed E-state index contributed by atoms with van der Waals surface area (Å²) < 4.78 is 55.1. The van der Waals surface area contributed by atoms with Gasteiger partial charge in [-0.25, -0.2) is 22.4 Å². The number of fused-ring (bicyclic) bond motifs is 3. The molecule has 0 bridgehead atoms. The van der Waals surface area contributed by atoms with Crippen molar-refractivity contribution in [3.63, 3.8) is 0 Å². The number of likely N-dealkylation sites (N-methyl/N-ethyl adjacent to an activating group) is 1. The summed E-state index contributed by atoms with van der Waals surface area (Å²) in [5.74, 6) is -5.48. The van der Waals surface area contributed by atoms with Gasteiger partial charge in [0.05, 0.1) is 5.69 Å². The minimum absolute atomic E-state index is 0.420. The van der Waals surface area contributed by atoms with E-state index >= 15 is 0 Å². The molecular weight excluding hydrogens is 458 g/mol. The maximum atomic E-state index is 13.2. The molecule has 0 aromatic heterocycles. The largest absolute Gasteiger partial charge is 0.436 e. The third kappa shape index (κ3) is 5.29. The van der Waals surface area contributed by atoms with E-state index in [-0.39, 0.29) is 0 Å². The molecule has 3 amide bonds. The van der Waals surface area contributed by atoms with Gasteiger partial charge in [0.15, 0.2) is 6.10 Å². The number of halogens is 4. The van der Waals surface area contributed by atoms with Crippen LogP contribution in [0.3, 0.4) is 0 Å². The van der Waals surface area contributed by atoms with Crippen LogP contribution in [0.2, 0.25) is 0 Å². The first-order valence-corrected chi connectivity index (χ1v) is 10.4. The van der Waals surface area contributed by atoms with Crippen LogP contribution in [0, 0.1) is 0 Å². The van der Waals surface area contributed by atoms with Gasteiger partial charge in [0.1, 0.15) is 6.04 Å². The molecule has 11 heteroatoms. The van der Waals surface area contributed by atoms with E-state index in [0.717, 1.165) is 11.1 Å². The van der Waals surface area contributed by atoms with E-state index in [1.807, 2.05) is 23.5 Å². The Morgan fingerprint density at radius 2 is 1.71 bits per heavy atom. The first-order chi connectivity index (χ1) is 16.0. The second-order valence-electron chi connectivity index (χ2n) is 7.73. The van der Waals surface area contributed by atoms with Gasteiger partial charge in [0.2, 0.25) is 0 Å². The Bertz CT molecular complexity index is 1080. The summed E-state index contributed by atoms with van der Waals surface area (Å²) in [7, 11) is 1.58. The maximum Gasteiger partial charge on any atom is 0.407 e. The molecule has 2 aromatic rings. The Kier molecular flexibility index (Phi) is 7.43. The lowest BCUT2D eigenvalue weighted by Crippen LogP contribution is -2.45. The summed E-state index contributed by atoms with van der Waals surface area (Å²) in [5, 5.41) is 4.48. The lowest BCUT2D eigenvalue weighted by atomic mass is 9.95. The fourth-order valence-electron chi connectivity index (χ4n) is 3.53. The molecule has 0 radical (unpaired) electrons. The number of hydrogen-bond donors (Lipinski definition) is 2. The highest BCUT2D eigenvalue weighted by molar-refractivity contribution is 6.06. The van der Waals surface area contributed by atoms with Crippen LogP contribution < -0.4 is 15.5 Å². The van der Waals surface area contributed by atoms with E-state index in [2.05, 4.69) is 5.32 Å². The molecule has 1 aliphatic heterocycles.